The normalized spacial score (nSPS) is 22.9. The molecule has 1 N–H and O–H groups in total. The molecule has 2 aromatic rings. The maximum absolute atomic E-state index is 12.9. The minimum Gasteiger partial charge on any atom is -0.355 e. The van der Waals surface area contributed by atoms with E-state index < -0.39 is 0 Å². The number of nitrogens with zero attached hydrogens (tertiary/aromatic N) is 3. The standard InChI is InChI=1S/C22H28N4O3/c1-23-20(27)16-11-17(13-8-9-13)24-21-18(16)19(25-29-21)15-7-4-10-26(12-15)22(28)14-5-2-3-6-14/h11,13-15H,2-10,12H2,1H3,(H,23,27). The van der Waals surface area contributed by atoms with Crippen molar-refractivity contribution in [2.24, 2.45) is 5.92 Å². The summed E-state index contributed by atoms with van der Waals surface area (Å²) >= 11 is 0. The highest BCUT2D eigenvalue weighted by atomic mass is 16.5. The zero-order chi connectivity index (χ0) is 20.0. The SMILES string of the molecule is CNC(=O)c1cc(C2CC2)nc2onc(C3CCCN(C(=O)C4CCCC4)C3)c12. The smallest absolute Gasteiger partial charge is 0.259 e. The molecule has 2 aromatic heterocycles. The third-order valence-corrected chi connectivity index (χ3v) is 6.78. The van der Waals surface area contributed by atoms with Crippen LogP contribution in [0.3, 0.4) is 0 Å². The van der Waals surface area contributed by atoms with E-state index >= 15 is 0 Å². The van der Waals surface area contributed by atoms with Crippen LogP contribution in [0, 0.1) is 5.92 Å². The average molecular weight is 396 g/mol. The van der Waals surface area contributed by atoms with Crippen molar-refractivity contribution >= 4 is 22.9 Å². The second-order valence-corrected chi connectivity index (χ2v) is 8.80. The molecule has 1 aliphatic heterocycles. The lowest BCUT2D eigenvalue weighted by Gasteiger charge is -2.33. The summed E-state index contributed by atoms with van der Waals surface area (Å²) in [5.74, 6) is 0.837. The first-order chi connectivity index (χ1) is 14.2. The van der Waals surface area contributed by atoms with Crippen molar-refractivity contribution in [3.05, 3.63) is 23.0 Å². The highest BCUT2D eigenvalue weighted by Crippen LogP contribution is 2.41. The fraction of sp³-hybridized carbons (Fsp3) is 0.636. The van der Waals surface area contributed by atoms with E-state index in [0.29, 0.717) is 35.0 Å². The Labute approximate surface area is 170 Å². The molecule has 3 fully saturated rings. The number of pyridine rings is 1. The van der Waals surface area contributed by atoms with Gasteiger partial charge in [-0.3, -0.25) is 9.59 Å². The van der Waals surface area contributed by atoms with E-state index in [1.165, 1.54) is 0 Å². The van der Waals surface area contributed by atoms with Crippen molar-refractivity contribution in [1.82, 2.24) is 20.4 Å². The van der Waals surface area contributed by atoms with E-state index in [9.17, 15) is 9.59 Å². The summed E-state index contributed by atoms with van der Waals surface area (Å²) in [7, 11) is 1.64. The molecular weight excluding hydrogens is 368 g/mol. The molecule has 1 atom stereocenters. The first-order valence-electron chi connectivity index (χ1n) is 11.0. The van der Waals surface area contributed by atoms with E-state index in [4.69, 9.17) is 4.52 Å². The number of likely N-dealkylation sites (tertiary alicyclic amines) is 1. The minimum atomic E-state index is -0.140. The predicted octanol–water partition coefficient (Wildman–Crippen LogP) is 3.36. The molecule has 2 saturated carbocycles. The lowest BCUT2D eigenvalue weighted by molar-refractivity contribution is -0.136. The number of fused-ring (bicyclic) bond motifs is 1. The summed E-state index contributed by atoms with van der Waals surface area (Å²) in [5.41, 5.74) is 2.73. The van der Waals surface area contributed by atoms with Gasteiger partial charge in [-0.1, -0.05) is 18.0 Å². The first-order valence-corrected chi connectivity index (χ1v) is 11.0. The number of piperidine rings is 1. The number of carbonyl (C=O) groups is 2. The maximum atomic E-state index is 12.9. The molecule has 7 heteroatoms. The van der Waals surface area contributed by atoms with Gasteiger partial charge in [-0.15, -0.1) is 0 Å². The summed E-state index contributed by atoms with van der Waals surface area (Å²) < 4.78 is 5.61. The molecular formula is C22H28N4O3. The fourth-order valence-corrected chi connectivity index (χ4v) is 5.00. The Bertz CT molecular complexity index is 943. The number of rotatable bonds is 4. The van der Waals surface area contributed by atoms with Crippen molar-refractivity contribution in [1.29, 1.82) is 0 Å². The van der Waals surface area contributed by atoms with Crippen LogP contribution in [0.25, 0.3) is 11.1 Å². The van der Waals surface area contributed by atoms with Crippen molar-refractivity contribution < 1.29 is 14.1 Å². The molecule has 5 rings (SSSR count). The Balaban J connectivity index is 1.47. The molecule has 0 bridgehead atoms. The number of aromatic nitrogens is 2. The molecule has 3 aliphatic rings. The van der Waals surface area contributed by atoms with Gasteiger partial charge >= 0.3 is 0 Å². The van der Waals surface area contributed by atoms with Gasteiger partial charge in [0.25, 0.3) is 11.6 Å². The monoisotopic (exact) mass is 396 g/mol. The van der Waals surface area contributed by atoms with Crippen LogP contribution in [0.4, 0.5) is 0 Å². The van der Waals surface area contributed by atoms with Gasteiger partial charge in [-0.05, 0) is 44.6 Å². The van der Waals surface area contributed by atoms with Gasteiger partial charge < -0.3 is 14.7 Å². The molecule has 0 spiro atoms. The van der Waals surface area contributed by atoms with Crippen LogP contribution >= 0.6 is 0 Å². The Morgan fingerprint density at radius 2 is 1.90 bits per heavy atom. The molecule has 0 aromatic carbocycles. The van der Waals surface area contributed by atoms with Crippen LogP contribution in [-0.4, -0.2) is 47.0 Å². The Morgan fingerprint density at radius 1 is 1.10 bits per heavy atom. The second kappa shape index (κ2) is 7.43. The van der Waals surface area contributed by atoms with Crippen molar-refractivity contribution in [2.45, 2.75) is 63.2 Å². The Hall–Kier alpha value is -2.44. The lowest BCUT2D eigenvalue weighted by atomic mass is 9.90. The summed E-state index contributed by atoms with van der Waals surface area (Å²) in [6.45, 7) is 1.46. The van der Waals surface area contributed by atoms with E-state index in [1.54, 1.807) is 7.05 Å². The van der Waals surface area contributed by atoms with Crippen LogP contribution in [0.2, 0.25) is 0 Å². The van der Waals surface area contributed by atoms with Gasteiger partial charge in [-0.25, -0.2) is 4.98 Å². The molecule has 2 aliphatic carbocycles. The van der Waals surface area contributed by atoms with Crippen LogP contribution in [0.5, 0.6) is 0 Å². The fourth-order valence-electron chi connectivity index (χ4n) is 5.00. The van der Waals surface area contributed by atoms with Gasteiger partial charge in [0.2, 0.25) is 5.91 Å². The molecule has 1 unspecified atom stereocenters. The van der Waals surface area contributed by atoms with Crippen LogP contribution < -0.4 is 5.32 Å². The highest BCUT2D eigenvalue weighted by Gasteiger charge is 2.35. The topological polar surface area (TPSA) is 88.3 Å². The van der Waals surface area contributed by atoms with Crippen LogP contribution in [0.1, 0.15) is 84.9 Å². The summed E-state index contributed by atoms with van der Waals surface area (Å²) in [5, 5.41) is 7.81. The Kier molecular flexibility index (Phi) is 4.76. The highest BCUT2D eigenvalue weighted by molar-refractivity contribution is 6.06. The Morgan fingerprint density at radius 3 is 2.62 bits per heavy atom. The number of amides is 2. The predicted molar refractivity (Wildman–Crippen MR) is 108 cm³/mol. The van der Waals surface area contributed by atoms with Gasteiger partial charge in [0.15, 0.2) is 0 Å². The molecule has 0 radical (unpaired) electrons. The molecule has 1 saturated heterocycles. The quantitative estimate of drug-likeness (QED) is 0.856. The van der Waals surface area contributed by atoms with Crippen molar-refractivity contribution in [3.8, 4) is 0 Å². The zero-order valence-corrected chi connectivity index (χ0v) is 16.9. The molecule has 3 heterocycles. The largest absolute Gasteiger partial charge is 0.355 e. The number of carbonyl (C=O) groups excluding carboxylic acids is 2. The van der Waals surface area contributed by atoms with Gasteiger partial charge in [-0.2, -0.15) is 0 Å². The van der Waals surface area contributed by atoms with Gasteiger partial charge in [0.1, 0.15) is 0 Å². The van der Waals surface area contributed by atoms with Crippen LogP contribution in [-0.2, 0) is 4.79 Å². The first kappa shape index (κ1) is 18.6. The second-order valence-electron chi connectivity index (χ2n) is 8.80. The van der Waals surface area contributed by atoms with Gasteiger partial charge in [0, 0.05) is 43.6 Å². The summed E-state index contributed by atoms with van der Waals surface area (Å²) in [6.07, 6.45) is 8.44. The number of hydrogen-bond acceptors (Lipinski definition) is 5. The zero-order valence-electron chi connectivity index (χ0n) is 16.9. The van der Waals surface area contributed by atoms with E-state index in [1.807, 2.05) is 11.0 Å². The van der Waals surface area contributed by atoms with E-state index in [-0.39, 0.29) is 17.7 Å². The van der Waals surface area contributed by atoms with Gasteiger partial charge in [0.05, 0.1) is 16.6 Å². The molecule has 154 valence electrons. The van der Waals surface area contributed by atoms with E-state index in [2.05, 4.69) is 15.5 Å². The average Bonchev–Trinajstić information content (AvgIpc) is 3.29. The number of nitrogens with one attached hydrogen (secondary N) is 1. The number of hydrogen-bond donors (Lipinski definition) is 1. The van der Waals surface area contributed by atoms with E-state index in [0.717, 1.165) is 69.3 Å². The molecule has 29 heavy (non-hydrogen) atoms. The molecule has 7 nitrogen and oxygen atoms in total. The van der Waals surface area contributed by atoms with Crippen LogP contribution in [0.15, 0.2) is 10.6 Å². The summed E-state index contributed by atoms with van der Waals surface area (Å²) in [6, 6.07) is 1.91. The third kappa shape index (κ3) is 3.40. The third-order valence-electron chi connectivity index (χ3n) is 6.78. The van der Waals surface area contributed by atoms with Crippen molar-refractivity contribution in [2.75, 3.05) is 20.1 Å². The van der Waals surface area contributed by atoms with Crippen molar-refractivity contribution in [3.63, 3.8) is 0 Å². The molecule has 2 amide bonds. The minimum absolute atomic E-state index is 0.0762. The summed E-state index contributed by atoms with van der Waals surface area (Å²) in [4.78, 5) is 32.2. The maximum Gasteiger partial charge on any atom is 0.259 e. The lowest BCUT2D eigenvalue weighted by Crippen LogP contribution is -2.42.